The van der Waals surface area contributed by atoms with Crippen LogP contribution in [0, 0.1) is 20.8 Å². The fourth-order valence-corrected chi connectivity index (χ4v) is 6.34. The van der Waals surface area contributed by atoms with Crippen LogP contribution in [0.3, 0.4) is 0 Å². The predicted molar refractivity (Wildman–Crippen MR) is 118 cm³/mol. The lowest BCUT2D eigenvalue weighted by atomic mass is 9.88. The monoisotopic (exact) mass is 399 g/mol. The highest BCUT2D eigenvalue weighted by molar-refractivity contribution is 7.21. The van der Waals surface area contributed by atoms with E-state index in [1.165, 1.54) is 55.4 Å². The summed E-state index contributed by atoms with van der Waals surface area (Å²) in [6, 6.07) is 0.762. The molecule has 2 aromatic heterocycles. The Hall–Kier alpha value is -1.62. The van der Waals surface area contributed by atoms with Crippen LogP contribution in [0.5, 0.6) is 0 Å². The molecule has 0 atom stereocenters. The van der Waals surface area contributed by atoms with Gasteiger partial charge in [0.25, 0.3) is 5.91 Å². The molecule has 0 saturated heterocycles. The Balaban J connectivity index is 1.75. The summed E-state index contributed by atoms with van der Waals surface area (Å²) in [6.07, 6.45) is 12.1. The fourth-order valence-electron chi connectivity index (χ4n) is 5.19. The van der Waals surface area contributed by atoms with E-state index < -0.39 is 0 Å². The number of carbonyl (C=O) groups is 1. The molecule has 0 radical (unpaired) electrons. The van der Waals surface area contributed by atoms with Gasteiger partial charge in [-0.2, -0.15) is 0 Å². The quantitative estimate of drug-likeness (QED) is 0.698. The summed E-state index contributed by atoms with van der Waals surface area (Å²) in [5.74, 6) is 0.161. The summed E-state index contributed by atoms with van der Waals surface area (Å²) in [5.41, 5.74) is 10.6. The molecule has 2 N–H and O–H groups in total. The van der Waals surface area contributed by atoms with E-state index in [-0.39, 0.29) is 5.91 Å². The van der Waals surface area contributed by atoms with Gasteiger partial charge in [0, 0.05) is 23.2 Å². The van der Waals surface area contributed by atoms with E-state index in [0.717, 1.165) is 47.2 Å². The van der Waals surface area contributed by atoms with Crippen molar-refractivity contribution in [2.45, 2.75) is 97.1 Å². The van der Waals surface area contributed by atoms with Gasteiger partial charge in [-0.3, -0.25) is 4.79 Å². The number of rotatable bonds is 3. The van der Waals surface area contributed by atoms with Crippen molar-refractivity contribution >= 4 is 33.1 Å². The highest BCUT2D eigenvalue weighted by Gasteiger charge is 2.35. The number of aromatic nitrogens is 1. The Morgan fingerprint density at radius 2 is 1.46 bits per heavy atom. The smallest absolute Gasteiger partial charge is 0.266 e. The van der Waals surface area contributed by atoms with Gasteiger partial charge in [-0.25, -0.2) is 4.98 Å². The topological polar surface area (TPSA) is 59.2 Å². The maximum atomic E-state index is 13.8. The van der Waals surface area contributed by atoms with Crippen LogP contribution < -0.4 is 5.73 Å². The summed E-state index contributed by atoms with van der Waals surface area (Å²) in [7, 11) is 0. The van der Waals surface area contributed by atoms with Crippen LogP contribution in [-0.2, 0) is 0 Å². The number of hydrogen-bond donors (Lipinski definition) is 1. The molecular formula is C23H33N3OS. The molecule has 2 fully saturated rings. The SMILES string of the molecule is Cc1nc2sc(C(=O)N(C3CCCCC3)C3CCCCC3)c(N)c2c(C)c1C. The molecule has 0 spiro atoms. The molecule has 4 rings (SSSR count). The maximum absolute atomic E-state index is 13.8. The molecular weight excluding hydrogens is 366 g/mol. The first kappa shape index (κ1) is 19.7. The summed E-state index contributed by atoms with van der Waals surface area (Å²) in [4.78, 5) is 22.5. The van der Waals surface area contributed by atoms with Gasteiger partial charge in [0.15, 0.2) is 0 Å². The molecule has 152 valence electrons. The van der Waals surface area contributed by atoms with Crippen LogP contribution in [0.2, 0.25) is 0 Å². The minimum atomic E-state index is 0.161. The number of hydrogen-bond acceptors (Lipinski definition) is 4. The molecule has 0 bridgehead atoms. The normalized spacial score (nSPS) is 19.2. The van der Waals surface area contributed by atoms with Crippen molar-refractivity contribution in [3.8, 4) is 0 Å². The summed E-state index contributed by atoms with van der Waals surface area (Å²) in [6.45, 7) is 6.23. The Kier molecular flexibility index (Phi) is 5.64. The molecule has 2 heterocycles. The van der Waals surface area contributed by atoms with E-state index in [4.69, 9.17) is 10.7 Å². The largest absolute Gasteiger partial charge is 0.397 e. The third kappa shape index (κ3) is 3.42. The minimum absolute atomic E-state index is 0.161. The van der Waals surface area contributed by atoms with Gasteiger partial charge in [0.2, 0.25) is 0 Å². The highest BCUT2D eigenvalue weighted by atomic mass is 32.1. The van der Waals surface area contributed by atoms with Crippen LogP contribution in [0.25, 0.3) is 10.2 Å². The van der Waals surface area contributed by atoms with Crippen LogP contribution in [0.1, 0.15) is 90.7 Å². The Labute approximate surface area is 172 Å². The lowest BCUT2D eigenvalue weighted by Gasteiger charge is -2.41. The number of aryl methyl sites for hydroxylation is 2. The molecule has 2 aromatic rings. The standard InChI is InChI=1S/C23H33N3OS/c1-14-15(2)19-20(24)21(28-22(19)25-16(14)3)23(27)26(17-10-6-4-7-11-17)18-12-8-5-9-13-18/h17-18H,4-13,24H2,1-3H3. The van der Waals surface area contributed by atoms with Crippen LogP contribution in [-0.4, -0.2) is 27.9 Å². The molecule has 2 aliphatic carbocycles. The number of nitrogens with zero attached hydrogens (tertiary/aromatic N) is 2. The van der Waals surface area contributed by atoms with Crippen molar-refractivity contribution in [3.05, 3.63) is 21.7 Å². The van der Waals surface area contributed by atoms with Crippen LogP contribution in [0.4, 0.5) is 5.69 Å². The third-order valence-electron chi connectivity index (χ3n) is 7.04. The van der Waals surface area contributed by atoms with E-state index >= 15 is 0 Å². The summed E-state index contributed by atoms with van der Waals surface area (Å²) >= 11 is 1.50. The van der Waals surface area contributed by atoms with E-state index in [1.807, 2.05) is 6.92 Å². The Morgan fingerprint density at radius 3 is 2.00 bits per heavy atom. The number of pyridine rings is 1. The number of amides is 1. The molecule has 1 amide bonds. The van der Waals surface area contributed by atoms with Crippen molar-refractivity contribution in [1.82, 2.24) is 9.88 Å². The first-order chi connectivity index (χ1) is 13.5. The zero-order valence-corrected chi connectivity index (χ0v) is 18.3. The van der Waals surface area contributed by atoms with Crippen molar-refractivity contribution in [2.24, 2.45) is 0 Å². The number of nitrogen functional groups attached to an aromatic ring is 1. The number of nitrogens with two attached hydrogens (primary N) is 1. The number of fused-ring (bicyclic) bond motifs is 1. The zero-order chi connectivity index (χ0) is 19.8. The first-order valence-electron chi connectivity index (χ1n) is 11.0. The Morgan fingerprint density at radius 1 is 0.929 bits per heavy atom. The van der Waals surface area contributed by atoms with E-state index in [1.54, 1.807) is 0 Å². The molecule has 2 aliphatic rings. The fraction of sp³-hybridized carbons (Fsp3) is 0.652. The van der Waals surface area contributed by atoms with Gasteiger partial charge in [-0.05, 0) is 57.6 Å². The molecule has 0 aromatic carbocycles. The molecule has 0 unspecified atom stereocenters. The predicted octanol–water partition coefficient (Wildman–Crippen LogP) is 5.91. The lowest BCUT2D eigenvalue weighted by Crippen LogP contribution is -2.48. The van der Waals surface area contributed by atoms with Gasteiger partial charge in [-0.15, -0.1) is 11.3 Å². The van der Waals surface area contributed by atoms with E-state index in [9.17, 15) is 4.79 Å². The molecule has 4 nitrogen and oxygen atoms in total. The van der Waals surface area contributed by atoms with Crippen molar-refractivity contribution in [3.63, 3.8) is 0 Å². The van der Waals surface area contributed by atoms with Crippen molar-refractivity contribution < 1.29 is 4.79 Å². The van der Waals surface area contributed by atoms with Crippen LogP contribution >= 0.6 is 11.3 Å². The highest BCUT2D eigenvalue weighted by Crippen LogP contribution is 2.39. The molecule has 2 saturated carbocycles. The minimum Gasteiger partial charge on any atom is -0.397 e. The average molecular weight is 400 g/mol. The Bertz CT molecular complexity index is 858. The second-order valence-electron chi connectivity index (χ2n) is 8.77. The van der Waals surface area contributed by atoms with E-state index in [0.29, 0.717) is 22.6 Å². The summed E-state index contributed by atoms with van der Waals surface area (Å²) in [5, 5.41) is 0.990. The van der Waals surface area contributed by atoms with E-state index in [2.05, 4.69) is 18.7 Å². The number of carbonyl (C=O) groups excluding carboxylic acids is 1. The zero-order valence-electron chi connectivity index (χ0n) is 17.5. The maximum Gasteiger partial charge on any atom is 0.266 e. The number of thiophene rings is 1. The van der Waals surface area contributed by atoms with Gasteiger partial charge < -0.3 is 10.6 Å². The van der Waals surface area contributed by atoms with Crippen LogP contribution in [0.15, 0.2) is 0 Å². The first-order valence-corrected chi connectivity index (χ1v) is 11.8. The van der Waals surface area contributed by atoms with Gasteiger partial charge >= 0.3 is 0 Å². The van der Waals surface area contributed by atoms with Gasteiger partial charge in [-0.1, -0.05) is 38.5 Å². The average Bonchev–Trinajstić information content (AvgIpc) is 3.04. The van der Waals surface area contributed by atoms with Gasteiger partial charge in [0.05, 0.1) is 5.69 Å². The second kappa shape index (κ2) is 8.02. The summed E-state index contributed by atoms with van der Waals surface area (Å²) < 4.78 is 0. The van der Waals surface area contributed by atoms with Gasteiger partial charge in [0.1, 0.15) is 9.71 Å². The van der Waals surface area contributed by atoms with Crippen molar-refractivity contribution in [2.75, 3.05) is 5.73 Å². The molecule has 0 aliphatic heterocycles. The lowest BCUT2D eigenvalue weighted by molar-refractivity contribution is 0.0454. The van der Waals surface area contributed by atoms with Crippen molar-refractivity contribution in [1.29, 1.82) is 0 Å². The molecule has 28 heavy (non-hydrogen) atoms. The number of anilines is 1. The third-order valence-corrected chi connectivity index (χ3v) is 8.13. The molecule has 5 heteroatoms. The second-order valence-corrected chi connectivity index (χ2v) is 9.77.